The Balaban J connectivity index is 2.15. The molecule has 0 N–H and O–H groups in total. The molecule has 8 nitrogen and oxygen atoms in total. The second-order valence-corrected chi connectivity index (χ2v) is 7.92. The predicted octanol–water partition coefficient (Wildman–Crippen LogP) is 4.91. The van der Waals surface area contributed by atoms with E-state index in [4.69, 9.17) is 9.47 Å². The van der Waals surface area contributed by atoms with Gasteiger partial charge in [0.25, 0.3) is 11.6 Å². The average Bonchev–Trinajstić information content (AvgIpc) is 2.76. The summed E-state index contributed by atoms with van der Waals surface area (Å²) in [6.07, 6.45) is 2.94. The summed E-state index contributed by atoms with van der Waals surface area (Å²) in [6, 6.07) is 10.8. The van der Waals surface area contributed by atoms with E-state index in [1.54, 1.807) is 29.2 Å². The first kappa shape index (κ1) is 25.6. The van der Waals surface area contributed by atoms with Gasteiger partial charge in [0.15, 0.2) is 23.9 Å². The first-order valence-corrected chi connectivity index (χ1v) is 10.8. The summed E-state index contributed by atoms with van der Waals surface area (Å²) in [7, 11) is 0. The van der Waals surface area contributed by atoms with Crippen molar-refractivity contribution in [3.05, 3.63) is 69.8 Å². The van der Waals surface area contributed by atoms with E-state index in [1.807, 2.05) is 34.6 Å². The second kappa shape index (κ2) is 11.8. The molecule has 8 heteroatoms. The van der Waals surface area contributed by atoms with Crippen LogP contribution in [-0.2, 0) is 4.79 Å². The molecule has 0 radical (unpaired) electrons. The molecule has 0 bridgehead atoms. The number of nitro groups is 1. The number of carbonyl (C=O) groups is 2. The first-order valence-electron chi connectivity index (χ1n) is 10.8. The monoisotopic (exact) mass is 454 g/mol. The molecule has 0 aromatic heterocycles. The molecule has 0 aliphatic rings. The van der Waals surface area contributed by atoms with Crippen molar-refractivity contribution in [3.63, 3.8) is 0 Å². The summed E-state index contributed by atoms with van der Waals surface area (Å²) in [4.78, 5) is 37.1. The van der Waals surface area contributed by atoms with Gasteiger partial charge in [-0.1, -0.05) is 24.3 Å². The zero-order valence-electron chi connectivity index (χ0n) is 19.6. The molecule has 0 atom stereocenters. The number of carbonyl (C=O) groups excluding carboxylic acids is 2. The summed E-state index contributed by atoms with van der Waals surface area (Å²) in [5, 5.41) is 10.9. The topological polar surface area (TPSA) is 99.0 Å². The van der Waals surface area contributed by atoms with Gasteiger partial charge in [0.05, 0.1) is 11.5 Å². The Kier molecular flexibility index (Phi) is 9.15. The third-order valence-electron chi connectivity index (χ3n) is 4.79. The van der Waals surface area contributed by atoms with Crippen LogP contribution in [0.1, 0.15) is 50.5 Å². The van der Waals surface area contributed by atoms with Crippen LogP contribution in [0.25, 0.3) is 6.08 Å². The Bertz CT molecular complexity index is 1020. The zero-order valence-corrected chi connectivity index (χ0v) is 19.6. The van der Waals surface area contributed by atoms with Gasteiger partial charge in [-0.05, 0) is 58.4 Å². The molecular weight excluding hydrogens is 424 g/mol. The molecule has 0 saturated carbocycles. The van der Waals surface area contributed by atoms with Crippen molar-refractivity contribution in [2.45, 2.75) is 46.7 Å². The minimum Gasteiger partial charge on any atom is -0.490 e. The van der Waals surface area contributed by atoms with Crippen LogP contribution >= 0.6 is 0 Å². The van der Waals surface area contributed by atoms with E-state index in [-0.39, 0.29) is 41.6 Å². The minimum atomic E-state index is -0.542. The van der Waals surface area contributed by atoms with E-state index < -0.39 is 4.92 Å². The van der Waals surface area contributed by atoms with Gasteiger partial charge in [0.2, 0.25) is 0 Å². The van der Waals surface area contributed by atoms with Crippen molar-refractivity contribution in [2.75, 3.05) is 13.2 Å². The Hall–Kier alpha value is -3.68. The van der Waals surface area contributed by atoms with Gasteiger partial charge in [-0.3, -0.25) is 19.7 Å². The summed E-state index contributed by atoms with van der Waals surface area (Å²) < 4.78 is 11.4. The fourth-order valence-electron chi connectivity index (χ4n) is 3.44. The van der Waals surface area contributed by atoms with Crippen molar-refractivity contribution < 1.29 is 24.0 Å². The Morgan fingerprint density at radius 3 is 2.33 bits per heavy atom. The number of hydrogen-bond acceptors (Lipinski definition) is 6. The SMILES string of the molecule is CCOc1cc(/C=C/C(=O)c2cccc([N+](=O)[O-])c2)ccc1OCC(=O)N(C(C)C)C(C)C. The molecule has 0 unspecified atom stereocenters. The van der Waals surface area contributed by atoms with Gasteiger partial charge in [0, 0.05) is 29.8 Å². The highest BCUT2D eigenvalue weighted by molar-refractivity contribution is 6.07. The van der Waals surface area contributed by atoms with E-state index in [0.29, 0.717) is 23.7 Å². The highest BCUT2D eigenvalue weighted by atomic mass is 16.6. The van der Waals surface area contributed by atoms with E-state index in [1.165, 1.54) is 30.3 Å². The van der Waals surface area contributed by atoms with Crippen LogP contribution in [-0.4, -0.2) is 46.8 Å². The Labute approximate surface area is 194 Å². The van der Waals surface area contributed by atoms with Gasteiger partial charge < -0.3 is 14.4 Å². The molecule has 0 aliphatic carbocycles. The molecular formula is C25H30N2O6. The standard InChI is InChI=1S/C25H30N2O6/c1-6-32-24-14-19(10-12-22(28)20-8-7-9-21(15-20)27(30)31)11-13-23(24)33-16-25(29)26(17(2)3)18(4)5/h7-15,17-18H,6,16H2,1-5H3/b12-10+. The number of non-ortho nitro benzene ring substituents is 1. The van der Waals surface area contributed by atoms with Gasteiger partial charge in [-0.25, -0.2) is 0 Å². The quantitative estimate of drug-likeness (QED) is 0.207. The van der Waals surface area contributed by atoms with Gasteiger partial charge in [-0.15, -0.1) is 0 Å². The molecule has 33 heavy (non-hydrogen) atoms. The Morgan fingerprint density at radius 1 is 1.03 bits per heavy atom. The predicted molar refractivity (Wildman–Crippen MR) is 127 cm³/mol. The van der Waals surface area contributed by atoms with Crippen LogP contribution in [0.15, 0.2) is 48.5 Å². The number of nitrogens with zero attached hydrogens (tertiary/aromatic N) is 2. The fourth-order valence-corrected chi connectivity index (χ4v) is 3.44. The van der Waals surface area contributed by atoms with E-state index in [9.17, 15) is 19.7 Å². The van der Waals surface area contributed by atoms with Crippen LogP contribution in [0, 0.1) is 10.1 Å². The summed E-state index contributed by atoms with van der Waals surface area (Å²) >= 11 is 0. The van der Waals surface area contributed by atoms with Gasteiger partial charge in [-0.2, -0.15) is 0 Å². The van der Waals surface area contributed by atoms with Crippen molar-refractivity contribution in [1.29, 1.82) is 0 Å². The van der Waals surface area contributed by atoms with Crippen molar-refractivity contribution in [3.8, 4) is 11.5 Å². The number of allylic oxidation sites excluding steroid dienone is 1. The molecule has 0 saturated heterocycles. The lowest BCUT2D eigenvalue weighted by molar-refractivity contribution is -0.384. The maximum Gasteiger partial charge on any atom is 0.270 e. The van der Waals surface area contributed by atoms with Crippen LogP contribution in [0.4, 0.5) is 5.69 Å². The number of ether oxygens (including phenoxy) is 2. The normalized spacial score (nSPS) is 11.1. The average molecular weight is 455 g/mol. The number of ketones is 1. The molecule has 0 heterocycles. The molecule has 0 fully saturated rings. The lowest BCUT2D eigenvalue weighted by Crippen LogP contribution is -2.44. The molecule has 0 spiro atoms. The van der Waals surface area contributed by atoms with Gasteiger partial charge in [0.1, 0.15) is 0 Å². The number of benzene rings is 2. The first-order chi connectivity index (χ1) is 15.6. The largest absolute Gasteiger partial charge is 0.490 e. The van der Waals surface area contributed by atoms with Crippen LogP contribution in [0.5, 0.6) is 11.5 Å². The molecule has 2 aromatic rings. The third-order valence-corrected chi connectivity index (χ3v) is 4.79. The second-order valence-electron chi connectivity index (χ2n) is 7.92. The summed E-state index contributed by atoms with van der Waals surface area (Å²) in [6.45, 7) is 9.95. The number of amides is 1. The molecule has 2 aromatic carbocycles. The van der Waals surface area contributed by atoms with Crippen molar-refractivity contribution in [1.82, 2.24) is 4.90 Å². The van der Waals surface area contributed by atoms with Crippen LogP contribution in [0.2, 0.25) is 0 Å². The Morgan fingerprint density at radius 2 is 1.73 bits per heavy atom. The fraction of sp³-hybridized carbons (Fsp3) is 0.360. The van der Waals surface area contributed by atoms with Crippen LogP contribution in [0.3, 0.4) is 0 Å². The summed E-state index contributed by atoms with van der Waals surface area (Å²) in [5.74, 6) is 0.412. The molecule has 1 amide bonds. The molecule has 2 rings (SSSR count). The van der Waals surface area contributed by atoms with E-state index in [2.05, 4.69) is 0 Å². The maximum atomic E-state index is 12.6. The lowest BCUT2D eigenvalue weighted by Gasteiger charge is -2.30. The number of hydrogen-bond donors (Lipinski definition) is 0. The maximum absolute atomic E-state index is 12.6. The molecule has 176 valence electrons. The number of nitro benzene ring substituents is 1. The zero-order chi connectivity index (χ0) is 24.5. The van der Waals surface area contributed by atoms with E-state index in [0.717, 1.165) is 0 Å². The van der Waals surface area contributed by atoms with Crippen molar-refractivity contribution in [2.24, 2.45) is 0 Å². The smallest absolute Gasteiger partial charge is 0.270 e. The van der Waals surface area contributed by atoms with Crippen LogP contribution < -0.4 is 9.47 Å². The highest BCUT2D eigenvalue weighted by Gasteiger charge is 2.21. The number of rotatable bonds is 11. The lowest BCUT2D eigenvalue weighted by atomic mass is 10.1. The van der Waals surface area contributed by atoms with E-state index >= 15 is 0 Å². The third kappa shape index (κ3) is 7.17. The van der Waals surface area contributed by atoms with Crippen molar-refractivity contribution >= 4 is 23.5 Å². The minimum absolute atomic E-state index is 0.0589. The summed E-state index contributed by atoms with van der Waals surface area (Å²) in [5.41, 5.74) is 0.767. The van der Waals surface area contributed by atoms with Gasteiger partial charge >= 0.3 is 0 Å². The molecule has 0 aliphatic heterocycles. The highest BCUT2D eigenvalue weighted by Crippen LogP contribution is 2.29.